The Morgan fingerprint density at radius 3 is 1.55 bits per heavy atom. The van der Waals surface area contributed by atoms with Gasteiger partial charge in [-0.15, -0.1) is 12.3 Å². The van der Waals surface area contributed by atoms with E-state index in [-0.39, 0.29) is 73.4 Å². The van der Waals surface area contributed by atoms with Gasteiger partial charge >= 0.3 is 0 Å². The minimum atomic E-state index is -0.646. The van der Waals surface area contributed by atoms with Crippen molar-refractivity contribution in [3.8, 4) is 35.7 Å². The van der Waals surface area contributed by atoms with E-state index in [4.69, 9.17) is 6.42 Å². The van der Waals surface area contributed by atoms with Crippen LogP contribution in [0.3, 0.4) is 0 Å². The minimum absolute atomic E-state index is 0.000994. The molecule has 2 heterocycles. The first kappa shape index (κ1) is 50.3. The van der Waals surface area contributed by atoms with E-state index in [0.29, 0.717) is 34.4 Å². The second kappa shape index (κ2) is 23.2. The summed E-state index contributed by atoms with van der Waals surface area (Å²) >= 11 is 3.49. The molecule has 2 atom stereocenters. The van der Waals surface area contributed by atoms with Crippen LogP contribution in [-0.4, -0.2) is 31.7 Å². The van der Waals surface area contributed by atoms with Gasteiger partial charge < -0.3 is 10.2 Å². The maximum Gasteiger partial charge on any atom is 0.137 e. The number of carbonyl (C=O) groups excluding carboxylic acids is 2. The zero-order valence-corrected chi connectivity index (χ0v) is 40.5. The third-order valence-electron chi connectivity index (χ3n) is 12.7. The summed E-state index contributed by atoms with van der Waals surface area (Å²) in [4.78, 5) is 35.3. The number of halogens is 5. The van der Waals surface area contributed by atoms with Crippen molar-refractivity contribution < 1.29 is 37.4 Å². The van der Waals surface area contributed by atoms with Gasteiger partial charge in [-0.3, -0.25) is 19.6 Å². The fourth-order valence-electron chi connectivity index (χ4n) is 8.98. The highest BCUT2D eigenvalue weighted by Crippen LogP contribution is 2.37. The van der Waals surface area contributed by atoms with E-state index in [1.807, 2.05) is 42.5 Å². The van der Waals surface area contributed by atoms with Crippen molar-refractivity contribution in [1.82, 2.24) is 9.97 Å². The molecule has 2 aromatic heterocycles. The van der Waals surface area contributed by atoms with E-state index >= 15 is 0 Å². The van der Waals surface area contributed by atoms with Gasteiger partial charge in [0.2, 0.25) is 0 Å². The quantitative estimate of drug-likeness (QED) is 0.0833. The Hall–Kier alpha value is -7.08. The Labute approximate surface area is 420 Å². The van der Waals surface area contributed by atoms with Crippen molar-refractivity contribution in [2.24, 2.45) is 11.8 Å². The Morgan fingerprint density at radius 1 is 0.634 bits per heavy atom. The normalized spacial score (nSPS) is 14.9. The number of ketones is 2. The summed E-state index contributed by atoms with van der Waals surface area (Å²) in [5.41, 5.74) is 8.82. The van der Waals surface area contributed by atoms with Crippen LogP contribution < -0.4 is 0 Å². The third kappa shape index (κ3) is 14.3. The molecule has 0 radical (unpaired) electrons. The Balaban J connectivity index is 0.000000174. The van der Waals surface area contributed by atoms with Crippen LogP contribution in [0.25, 0.3) is 11.1 Å². The summed E-state index contributed by atoms with van der Waals surface area (Å²) < 4.78 is 56.0. The van der Waals surface area contributed by atoms with Gasteiger partial charge in [0.15, 0.2) is 0 Å². The monoisotopic (exact) mass is 1020 g/mol. The maximum atomic E-state index is 13.9. The number of hydrogen-bond acceptors (Lipinski definition) is 6. The van der Waals surface area contributed by atoms with Crippen LogP contribution in [0.15, 0.2) is 126 Å². The number of allylic oxidation sites excluding steroid dienone is 4. The second-order valence-corrected chi connectivity index (χ2v) is 19.4. The van der Waals surface area contributed by atoms with Crippen LogP contribution in [0.1, 0.15) is 114 Å². The van der Waals surface area contributed by atoms with E-state index in [2.05, 4.69) is 43.7 Å². The average Bonchev–Trinajstić information content (AvgIpc) is 4.27. The van der Waals surface area contributed by atoms with Crippen LogP contribution in [0.5, 0.6) is 11.5 Å². The minimum Gasteiger partial charge on any atom is -0.508 e. The summed E-state index contributed by atoms with van der Waals surface area (Å²) in [6, 6.07) is 24.6. The van der Waals surface area contributed by atoms with Crippen molar-refractivity contribution in [3.63, 3.8) is 0 Å². The highest BCUT2D eigenvalue weighted by atomic mass is 79.9. The molecular formula is C60H51BrF4N2O4. The number of phenolic OH excluding ortho intramolecular Hbond substituents is 2. The molecule has 0 amide bonds. The van der Waals surface area contributed by atoms with Gasteiger partial charge in [-0.25, -0.2) is 17.6 Å². The van der Waals surface area contributed by atoms with Gasteiger partial charge in [0, 0.05) is 83.9 Å². The lowest BCUT2D eigenvalue weighted by Gasteiger charge is -2.18. The standard InChI is InChI=1S/C30H25F2NO2.C25H20BrF2NO2.C5H6/c31-25-13-20(14-26(32)17-25)12-24(30-22(2-1-11-33-30)6-5-19-3-4-19)16-28(35)15-23-8-7-21-9-10-27(34)18-29(21)23;26-24-2-1-7-29-25(24)18(8-15-9-19(27)13-20(28)10-15)12-22(31)11-17-4-3-16-5-6-21(30)14-23(16)17;1-2-5-3-4-5/h1-2,8-11,13-14,17-19,24,34H,3-4,7,12,15-16H2;1-2,4-7,9-10,13-14,18,30H,3,8,11-12H2;1,5H,3-4H2/t24-;18-;/m11./s1. The molecular weight excluding hydrogens is 969 g/mol. The summed E-state index contributed by atoms with van der Waals surface area (Å²) in [5, 5.41) is 19.7. The van der Waals surface area contributed by atoms with Gasteiger partial charge in [-0.2, -0.15) is 0 Å². The number of nitrogens with zero attached hydrogens (tertiary/aromatic N) is 2. The molecule has 0 bridgehead atoms. The fraction of sp³-hybridized carbons (Fsp3) is 0.267. The van der Waals surface area contributed by atoms with Crippen molar-refractivity contribution in [2.75, 3.05) is 0 Å². The molecule has 4 aromatic carbocycles. The van der Waals surface area contributed by atoms with E-state index in [9.17, 15) is 37.4 Å². The predicted molar refractivity (Wildman–Crippen MR) is 271 cm³/mol. The number of pyridine rings is 2. The molecule has 360 valence electrons. The van der Waals surface area contributed by atoms with Crippen LogP contribution in [0.2, 0.25) is 0 Å². The van der Waals surface area contributed by atoms with Crippen molar-refractivity contribution in [1.29, 1.82) is 0 Å². The zero-order valence-electron chi connectivity index (χ0n) is 38.9. The van der Waals surface area contributed by atoms with Crippen LogP contribution in [0.4, 0.5) is 17.6 Å². The van der Waals surface area contributed by atoms with Crippen LogP contribution >= 0.6 is 15.9 Å². The number of aromatic nitrogens is 2. The van der Waals surface area contributed by atoms with Crippen LogP contribution in [0, 0.1) is 59.3 Å². The molecule has 10 rings (SSSR count). The lowest BCUT2D eigenvalue weighted by molar-refractivity contribution is -0.119. The van der Waals surface area contributed by atoms with Crippen molar-refractivity contribution >= 4 is 38.6 Å². The number of fused-ring (bicyclic) bond motifs is 2. The van der Waals surface area contributed by atoms with E-state index in [1.165, 1.54) is 37.1 Å². The smallest absolute Gasteiger partial charge is 0.137 e. The molecule has 2 saturated carbocycles. The first-order valence-electron chi connectivity index (χ1n) is 23.8. The predicted octanol–water partition coefficient (Wildman–Crippen LogP) is 13.3. The van der Waals surface area contributed by atoms with Gasteiger partial charge in [0.1, 0.15) is 46.3 Å². The third-order valence-corrected chi connectivity index (χ3v) is 13.4. The molecule has 0 saturated heterocycles. The van der Waals surface area contributed by atoms with Crippen molar-refractivity contribution in [2.45, 2.75) is 88.9 Å². The highest BCUT2D eigenvalue weighted by Gasteiger charge is 2.26. The molecule has 4 aliphatic carbocycles. The molecule has 6 nitrogen and oxygen atoms in total. The lowest BCUT2D eigenvalue weighted by atomic mass is 9.87. The van der Waals surface area contributed by atoms with E-state index in [1.54, 1.807) is 42.7 Å². The number of rotatable bonds is 14. The molecule has 4 aliphatic rings. The number of aromatic hydroxyl groups is 2. The highest BCUT2D eigenvalue weighted by molar-refractivity contribution is 9.10. The molecule has 2 fully saturated rings. The van der Waals surface area contributed by atoms with Crippen molar-refractivity contribution in [3.05, 3.63) is 200 Å². The summed E-state index contributed by atoms with van der Waals surface area (Å²) in [6.45, 7) is 0. The van der Waals surface area contributed by atoms with Gasteiger partial charge in [-0.05, 0) is 185 Å². The number of hydrogen-bond donors (Lipinski definition) is 2. The van der Waals surface area contributed by atoms with Gasteiger partial charge in [-0.1, -0.05) is 36.1 Å². The Morgan fingerprint density at radius 2 is 1.10 bits per heavy atom. The molecule has 11 heteroatoms. The summed E-state index contributed by atoms with van der Waals surface area (Å²) in [7, 11) is 0. The Bertz CT molecular complexity index is 3100. The number of Topliss-reactive ketones (excluding diaryl/α,β-unsaturated/α-hetero) is 2. The molecule has 6 aromatic rings. The van der Waals surface area contributed by atoms with E-state index < -0.39 is 23.3 Å². The molecule has 0 spiro atoms. The number of carbonyl (C=O) groups is 2. The average molecular weight is 1020 g/mol. The first-order valence-corrected chi connectivity index (χ1v) is 24.5. The number of benzene rings is 4. The first-order chi connectivity index (χ1) is 34.3. The molecule has 0 unspecified atom stereocenters. The molecule has 2 N–H and O–H groups in total. The lowest BCUT2D eigenvalue weighted by Crippen LogP contribution is -2.13. The Kier molecular flexibility index (Phi) is 16.5. The van der Waals surface area contributed by atoms with Gasteiger partial charge in [0.25, 0.3) is 0 Å². The molecule has 0 aliphatic heterocycles. The topological polar surface area (TPSA) is 100 Å². The summed E-state index contributed by atoms with van der Waals surface area (Å²) in [6.07, 6.45) is 19.9. The number of phenols is 2. The van der Waals surface area contributed by atoms with Crippen LogP contribution in [-0.2, 0) is 35.3 Å². The number of terminal acetylenes is 1. The second-order valence-electron chi connectivity index (χ2n) is 18.5. The SMILES string of the molecule is C#CC1CC1.O=C(CC1=CCc2ccc(O)cc21)C[C@@H](Cc1cc(F)cc(F)c1)c1ncccc1Br.O=C(CC1=CCc2ccc(O)cc21)C[C@@H](Cc1cc(F)cc(F)c1)c1ncccc1C#CC1CC1. The molecule has 71 heavy (non-hydrogen) atoms. The van der Waals surface area contributed by atoms with E-state index in [0.717, 1.165) is 81.3 Å². The zero-order chi connectivity index (χ0) is 50.0. The summed E-state index contributed by atoms with van der Waals surface area (Å²) in [5.74, 6) is 7.22. The fourth-order valence-corrected chi connectivity index (χ4v) is 9.56. The maximum absolute atomic E-state index is 13.9. The largest absolute Gasteiger partial charge is 0.508 e. The van der Waals surface area contributed by atoms with Gasteiger partial charge in [0.05, 0.1) is 11.4 Å².